The highest BCUT2D eigenvalue weighted by atomic mass is 35.5. The standard InChI is InChI=1S/C16H11Cl2NS/c17-15-8-6-13(16(18)19-15)10-20-14-7-5-11-3-1-2-4-12(11)9-14/h1-9H,10H2. The zero-order valence-corrected chi connectivity index (χ0v) is 12.8. The number of halogens is 2. The summed E-state index contributed by atoms with van der Waals surface area (Å²) in [5, 5.41) is 3.40. The number of pyridine rings is 1. The Morgan fingerprint density at radius 1 is 0.900 bits per heavy atom. The van der Waals surface area contributed by atoms with Gasteiger partial charge in [0, 0.05) is 10.6 Å². The molecular formula is C16H11Cl2NS. The summed E-state index contributed by atoms with van der Waals surface area (Å²) in [6, 6.07) is 18.5. The van der Waals surface area contributed by atoms with Crippen molar-refractivity contribution in [3.63, 3.8) is 0 Å². The Balaban J connectivity index is 1.79. The molecule has 1 heterocycles. The highest BCUT2D eigenvalue weighted by molar-refractivity contribution is 7.98. The lowest BCUT2D eigenvalue weighted by molar-refractivity contribution is 1.25. The lowest BCUT2D eigenvalue weighted by Gasteiger charge is -2.05. The number of hydrogen-bond donors (Lipinski definition) is 0. The number of benzene rings is 2. The molecular weight excluding hydrogens is 309 g/mol. The molecule has 0 unspecified atom stereocenters. The number of fused-ring (bicyclic) bond motifs is 1. The van der Waals surface area contributed by atoms with Gasteiger partial charge in [-0.15, -0.1) is 11.8 Å². The summed E-state index contributed by atoms with van der Waals surface area (Å²) >= 11 is 13.6. The molecule has 0 radical (unpaired) electrons. The summed E-state index contributed by atoms with van der Waals surface area (Å²) in [6.07, 6.45) is 0. The molecule has 2 aromatic carbocycles. The first kappa shape index (κ1) is 13.7. The lowest BCUT2D eigenvalue weighted by Crippen LogP contribution is -1.86. The first-order valence-electron chi connectivity index (χ1n) is 6.15. The highest BCUT2D eigenvalue weighted by Crippen LogP contribution is 2.29. The van der Waals surface area contributed by atoms with Crippen LogP contribution in [-0.2, 0) is 5.75 Å². The Hall–Kier alpha value is -1.22. The number of aromatic nitrogens is 1. The molecule has 0 saturated carbocycles. The van der Waals surface area contributed by atoms with Gasteiger partial charge in [0.2, 0.25) is 0 Å². The molecule has 0 saturated heterocycles. The van der Waals surface area contributed by atoms with Crippen molar-refractivity contribution in [1.82, 2.24) is 4.98 Å². The van der Waals surface area contributed by atoms with Crippen LogP contribution in [0.15, 0.2) is 59.5 Å². The minimum absolute atomic E-state index is 0.425. The quantitative estimate of drug-likeness (QED) is 0.444. The molecule has 1 aromatic heterocycles. The van der Waals surface area contributed by atoms with Crippen molar-refractivity contribution in [3.8, 4) is 0 Å². The van der Waals surface area contributed by atoms with Gasteiger partial charge in [-0.1, -0.05) is 59.6 Å². The Morgan fingerprint density at radius 2 is 1.70 bits per heavy atom. The first-order valence-corrected chi connectivity index (χ1v) is 7.89. The molecule has 0 spiro atoms. The van der Waals surface area contributed by atoms with Gasteiger partial charge in [-0.05, 0) is 34.5 Å². The molecule has 0 amide bonds. The summed E-state index contributed by atoms with van der Waals surface area (Å²) in [4.78, 5) is 5.27. The van der Waals surface area contributed by atoms with Crippen molar-refractivity contribution in [2.75, 3.05) is 0 Å². The zero-order valence-electron chi connectivity index (χ0n) is 10.5. The van der Waals surface area contributed by atoms with Gasteiger partial charge in [0.15, 0.2) is 0 Å². The van der Waals surface area contributed by atoms with E-state index in [9.17, 15) is 0 Å². The minimum atomic E-state index is 0.425. The van der Waals surface area contributed by atoms with Crippen LogP contribution < -0.4 is 0 Å². The van der Waals surface area contributed by atoms with Crippen LogP contribution in [-0.4, -0.2) is 4.98 Å². The normalized spacial score (nSPS) is 10.9. The fourth-order valence-electron chi connectivity index (χ4n) is 1.97. The fourth-order valence-corrected chi connectivity index (χ4v) is 3.39. The van der Waals surface area contributed by atoms with E-state index in [1.165, 1.54) is 15.7 Å². The summed E-state index contributed by atoms with van der Waals surface area (Å²) in [6.45, 7) is 0. The third-order valence-corrected chi connectivity index (χ3v) is 4.59. The van der Waals surface area contributed by atoms with Gasteiger partial charge >= 0.3 is 0 Å². The van der Waals surface area contributed by atoms with E-state index in [1.54, 1.807) is 17.8 Å². The van der Waals surface area contributed by atoms with E-state index < -0.39 is 0 Å². The monoisotopic (exact) mass is 319 g/mol. The number of thioether (sulfide) groups is 1. The van der Waals surface area contributed by atoms with Gasteiger partial charge < -0.3 is 0 Å². The molecule has 3 aromatic rings. The SMILES string of the molecule is Clc1ccc(CSc2ccc3ccccc3c2)c(Cl)n1. The largest absolute Gasteiger partial charge is 0.224 e. The molecule has 0 aliphatic carbocycles. The topological polar surface area (TPSA) is 12.9 Å². The van der Waals surface area contributed by atoms with Crippen LogP contribution >= 0.6 is 35.0 Å². The minimum Gasteiger partial charge on any atom is -0.224 e. The van der Waals surface area contributed by atoms with Crippen LogP contribution in [0.1, 0.15) is 5.56 Å². The van der Waals surface area contributed by atoms with Gasteiger partial charge in [-0.25, -0.2) is 4.98 Å². The van der Waals surface area contributed by atoms with Crippen LogP contribution in [0.25, 0.3) is 10.8 Å². The zero-order chi connectivity index (χ0) is 13.9. The van der Waals surface area contributed by atoms with Crippen molar-refractivity contribution < 1.29 is 0 Å². The molecule has 0 bridgehead atoms. The number of hydrogen-bond acceptors (Lipinski definition) is 2. The number of nitrogens with zero attached hydrogens (tertiary/aromatic N) is 1. The first-order chi connectivity index (χ1) is 9.72. The van der Waals surface area contributed by atoms with Gasteiger partial charge in [0.25, 0.3) is 0 Å². The summed E-state index contributed by atoms with van der Waals surface area (Å²) in [5.74, 6) is 0.779. The third kappa shape index (κ3) is 3.09. The molecule has 0 atom stereocenters. The maximum absolute atomic E-state index is 6.08. The Labute approximate surface area is 131 Å². The van der Waals surface area contributed by atoms with Crippen molar-refractivity contribution >= 4 is 45.7 Å². The highest BCUT2D eigenvalue weighted by Gasteiger charge is 2.04. The smallest absolute Gasteiger partial charge is 0.134 e. The van der Waals surface area contributed by atoms with Crippen LogP contribution in [0, 0.1) is 0 Å². The number of rotatable bonds is 3. The third-order valence-electron chi connectivity index (χ3n) is 3.01. The second kappa shape index (κ2) is 6.04. The molecule has 0 N–H and O–H groups in total. The van der Waals surface area contributed by atoms with Gasteiger partial charge in [0.05, 0.1) is 0 Å². The van der Waals surface area contributed by atoms with Crippen molar-refractivity contribution in [2.45, 2.75) is 10.6 Å². The molecule has 4 heteroatoms. The van der Waals surface area contributed by atoms with E-state index in [0.717, 1.165) is 11.3 Å². The lowest BCUT2D eigenvalue weighted by atomic mass is 10.1. The van der Waals surface area contributed by atoms with E-state index in [-0.39, 0.29) is 0 Å². The Kier molecular flexibility index (Phi) is 4.16. The van der Waals surface area contributed by atoms with E-state index >= 15 is 0 Å². The fraction of sp³-hybridized carbons (Fsp3) is 0.0625. The van der Waals surface area contributed by atoms with Gasteiger partial charge in [0.1, 0.15) is 10.3 Å². The Morgan fingerprint density at radius 3 is 2.50 bits per heavy atom. The van der Waals surface area contributed by atoms with E-state index in [4.69, 9.17) is 23.2 Å². The molecule has 0 fully saturated rings. The second-order valence-corrected chi connectivity index (χ2v) is 6.18. The molecule has 0 aliphatic heterocycles. The van der Waals surface area contributed by atoms with E-state index in [1.807, 2.05) is 12.1 Å². The maximum Gasteiger partial charge on any atom is 0.134 e. The van der Waals surface area contributed by atoms with Crippen LogP contribution in [0.5, 0.6) is 0 Å². The van der Waals surface area contributed by atoms with E-state index in [2.05, 4.69) is 41.4 Å². The predicted molar refractivity (Wildman–Crippen MR) is 87.8 cm³/mol. The van der Waals surface area contributed by atoms with E-state index in [0.29, 0.717) is 10.3 Å². The van der Waals surface area contributed by atoms with Crippen molar-refractivity contribution in [1.29, 1.82) is 0 Å². The summed E-state index contributed by atoms with van der Waals surface area (Å²) in [5.41, 5.74) is 0.995. The molecule has 0 aliphatic rings. The summed E-state index contributed by atoms with van der Waals surface area (Å²) < 4.78 is 0. The van der Waals surface area contributed by atoms with Crippen LogP contribution in [0.2, 0.25) is 10.3 Å². The van der Waals surface area contributed by atoms with Crippen LogP contribution in [0.4, 0.5) is 0 Å². The maximum atomic E-state index is 6.08. The van der Waals surface area contributed by atoms with Gasteiger partial charge in [-0.3, -0.25) is 0 Å². The molecule has 20 heavy (non-hydrogen) atoms. The Bertz CT molecular complexity index is 758. The van der Waals surface area contributed by atoms with Crippen molar-refractivity contribution in [3.05, 3.63) is 70.5 Å². The molecule has 1 nitrogen and oxygen atoms in total. The second-order valence-electron chi connectivity index (χ2n) is 4.38. The predicted octanol–water partition coefficient (Wildman–Crippen LogP) is 5.83. The molecule has 3 rings (SSSR count). The van der Waals surface area contributed by atoms with Crippen LogP contribution in [0.3, 0.4) is 0 Å². The van der Waals surface area contributed by atoms with Gasteiger partial charge in [-0.2, -0.15) is 0 Å². The summed E-state index contributed by atoms with van der Waals surface area (Å²) in [7, 11) is 0. The average molecular weight is 320 g/mol. The molecule has 100 valence electrons. The average Bonchev–Trinajstić information content (AvgIpc) is 2.46. The van der Waals surface area contributed by atoms with Crippen molar-refractivity contribution in [2.24, 2.45) is 0 Å².